The van der Waals surface area contributed by atoms with Crippen molar-refractivity contribution in [3.63, 3.8) is 0 Å². The Labute approximate surface area is 119 Å². The van der Waals surface area contributed by atoms with Crippen molar-refractivity contribution < 1.29 is 8.83 Å². The second-order valence-electron chi connectivity index (χ2n) is 5.45. The predicted octanol–water partition coefficient (Wildman–Crippen LogP) is 3.57. The molecule has 4 heteroatoms. The molecule has 1 heterocycles. The molecule has 2 aromatic rings. The zero-order valence-corrected chi connectivity index (χ0v) is 12.7. The minimum absolute atomic E-state index is 0.287. The van der Waals surface area contributed by atoms with Crippen molar-refractivity contribution in [3.05, 3.63) is 51.5 Å². The van der Waals surface area contributed by atoms with E-state index in [0.717, 1.165) is 5.69 Å². The molecule has 0 radical (unpaired) electrons. The molecule has 108 valence electrons. The highest BCUT2D eigenvalue weighted by Crippen LogP contribution is 2.26. The van der Waals surface area contributed by atoms with Crippen LogP contribution in [0.5, 0.6) is 0 Å². The Balaban J connectivity index is 2.39. The first-order chi connectivity index (χ1) is 9.38. The van der Waals surface area contributed by atoms with Gasteiger partial charge >= 0.3 is 5.82 Å². The van der Waals surface area contributed by atoms with Crippen LogP contribution in [0.2, 0.25) is 0 Å². The lowest BCUT2D eigenvalue weighted by Gasteiger charge is -2.29. The van der Waals surface area contributed by atoms with Crippen LogP contribution in [-0.2, 0) is 6.54 Å². The summed E-state index contributed by atoms with van der Waals surface area (Å²) in [6, 6.07) is 6.65. The third kappa shape index (κ3) is 2.95. The quantitative estimate of drug-likeness (QED) is 0.855. The van der Waals surface area contributed by atoms with Crippen molar-refractivity contribution in [2.45, 2.75) is 47.2 Å². The van der Waals surface area contributed by atoms with Crippen molar-refractivity contribution in [1.29, 1.82) is 0 Å². The maximum absolute atomic E-state index is 11.2. The molecule has 0 saturated carbocycles. The van der Waals surface area contributed by atoms with Crippen LogP contribution in [0, 0.1) is 20.8 Å². The van der Waals surface area contributed by atoms with Crippen molar-refractivity contribution in [3.8, 4) is 0 Å². The highest BCUT2D eigenvalue weighted by Gasteiger charge is 2.18. The Hall–Kier alpha value is -1.97. The number of nitrogens with zero attached hydrogens (tertiary/aromatic N) is 1. The highest BCUT2D eigenvalue weighted by molar-refractivity contribution is 5.55. The molecule has 4 nitrogen and oxygen atoms in total. The van der Waals surface area contributed by atoms with Gasteiger partial charge in [0.1, 0.15) is 5.76 Å². The smallest absolute Gasteiger partial charge is 0.396 e. The number of benzene rings is 1. The van der Waals surface area contributed by atoms with Gasteiger partial charge in [0.25, 0.3) is 0 Å². The van der Waals surface area contributed by atoms with Crippen molar-refractivity contribution in [2.75, 3.05) is 4.90 Å². The number of hydrogen-bond donors (Lipinski definition) is 0. The number of anilines is 1. The molecular formula is C16H21NO3. The largest absolute Gasteiger partial charge is 0.519 e. The molecule has 0 atom stereocenters. The molecule has 20 heavy (non-hydrogen) atoms. The van der Waals surface area contributed by atoms with Crippen molar-refractivity contribution >= 4 is 5.69 Å². The summed E-state index contributed by atoms with van der Waals surface area (Å²) >= 11 is 0. The second kappa shape index (κ2) is 5.57. The zero-order chi connectivity index (χ0) is 14.9. The molecule has 0 fully saturated rings. The summed E-state index contributed by atoms with van der Waals surface area (Å²) in [5.74, 6) is 0.498. The summed E-state index contributed by atoms with van der Waals surface area (Å²) in [4.78, 5) is 13.4. The molecule has 0 aliphatic rings. The average molecular weight is 275 g/mol. The maximum atomic E-state index is 11.2. The van der Waals surface area contributed by atoms with Crippen LogP contribution in [0.4, 0.5) is 5.69 Å². The van der Waals surface area contributed by atoms with E-state index in [1.807, 2.05) is 0 Å². The third-order valence-corrected chi connectivity index (χ3v) is 3.45. The lowest BCUT2D eigenvalue weighted by Crippen LogP contribution is -2.31. The van der Waals surface area contributed by atoms with Crippen LogP contribution in [0.1, 0.15) is 36.5 Å². The molecule has 0 unspecified atom stereocenters. The molecule has 0 saturated heterocycles. The molecule has 1 aromatic carbocycles. The molecule has 1 aromatic heterocycles. The van der Waals surface area contributed by atoms with E-state index in [-0.39, 0.29) is 6.04 Å². The molecular weight excluding hydrogens is 254 g/mol. The number of aryl methyl sites for hydroxylation is 3. The van der Waals surface area contributed by atoms with Crippen LogP contribution < -0.4 is 10.7 Å². The Bertz CT molecular complexity index is 652. The SMILES string of the molecule is Cc1ccc(C)c(N(Cc2oc(=O)oc2C)C(C)C)c1. The van der Waals surface area contributed by atoms with E-state index in [2.05, 4.69) is 50.8 Å². The Morgan fingerprint density at radius 2 is 1.85 bits per heavy atom. The van der Waals surface area contributed by atoms with E-state index >= 15 is 0 Å². The van der Waals surface area contributed by atoms with E-state index in [1.54, 1.807) is 6.92 Å². The van der Waals surface area contributed by atoms with Gasteiger partial charge in [-0.2, -0.15) is 0 Å². The monoisotopic (exact) mass is 275 g/mol. The summed E-state index contributed by atoms with van der Waals surface area (Å²) in [6.07, 6.45) is 0. The fourth-order valence-electron chi connectivity index (χ4n) is 2.25. The minimum Gasteiger partial charge on any atom is -0.396 e. The second-order valence-corrected chi connectivity index (χ2v) is 5.45. The fourth-order valence-corrected chi connectivity index (χ4v) is 2.25. The van der Waals surface area contributed by atoms with Crippen molar-refractivity contribution in [1.82, 2.24) is 0 Å². The molecule has 0 aliphatic carbocycles. The standard InChI is InChI=1S/C16H21NO3/c1-10(2)17(9-15-13(5)19-16(18)20-15)14-8-11(3)6-7-12(14)4/h6-8,10H,9H2,1-5H3. The topological polar surface area (TPSA) is 46.6 Å². The maximum Gasteiger partial charge on any atom is 0.519 e. The van der Waals surface area contributed by atoms with E-state index in [1.165, 1.54) is 11.1 Å². The summed E-state index contributed by atoms with van der Waals surface area (Å²) in [5.41, 5.74) is 3.57. The van der Waals surface area contributed by atoms with E-state index in [0.29, 0.717) is 18.1 Å². The Morgan fingerprint density at radius 1 is 1.15 bits per heavy atom. The molecule has 0 aliphatic heterocycles. The van der Waals surface area contributed by atoms with Crippen LogP contribution in [0.25, 0.3) is 0 Å². The Kier molecular flexibility index (Phi) is 4.02. The molecule has 0 spiro atoms. The average Bonchev–Trinajstić information content (AvgIpc) is 2.68. The normalized spacial score (nSPS) is 11.1. The summed E-state index contributed by atoms with van der Waals surface area (Å²) in [5, 5.41) is 0. The molecule has 0 N–H and O–H groups in total. The predicted molar refractivity (Wildman–Crippen MR) is 79.2 cm³/mol. The minimum atomic E-state index is -0.637. The first kappa shape index (κ1) is 14.4. The lowest BCUT2D eigenvalue weighted by atomic mass is 10.1. The van der Waals surface area contributed by atoms with Crippen LogP contribution >= 0.6 is 0 Å². The first-order valence-electron chi connectivity index (χ1n) is 6.81. The molecule has 2 rings (SSSR count). The van der Waals surface area contributed by atoms with Crippen LogP contribution in [-0.4, -0.2) is 6.04 Å². The van der Waals surface area contributed by atoms with Gasteiger partial charge in [0.2, 0.25) is 0 Å². The van der Waals surface area contributed by atoms with E-state index in [9.17, 15) is 4.79 Å². The zero-order valence-electron chi connectivity index (χ0n) is 12.7. The van der Waals surface area contributed by atoms with Gasteiger partial charge in [0, 0.05) is 11.7 Å². The number of rotatable bonds is 4. The highest BCUT2D eigenvalue weighted by atomic mass is 16.6. The van der Waals surface area contributed by atoms with E-state index in [4.69, 9.17) is 8.83 Å². The van der Waals surface area contributed by atoms with Gasteiger partial charge in [-0.05, 0) is 51.8 Å². The van der Waals surface area contributed by atoms with Gasteiger partial charge in [-0.15, -0.1) is 0 Å². The third-order valence-electron chi connectivity index (χ3n) is 3.45. The van der Waals surface area contributed by atoms with E-state index < -0.39 is 5.82 Å². The van der Waals surface area contributed by atoms with Gasteiger partial charge in [-0.1, -0.05) is 12.1 Å². The Morgan fingerprint density at radius 3 is 2.40 bits per heavy atom. The van der Waals surface area contributed by atoms with Gasteiger partial charge in [0.15, 0.2) is 5.76 Å². The summed E-state index contributed by atoms with van der Waals surface area (Å²) in [7, 11) is 0. The lowest BCUT2D eigenvalue weighted by molar-refractivity contribution is 0.367. The summed E-state index contributed by atoms with van der Waals surface area (Å²) < 4.78 is 10.1. The van der Waals surface area contributed by atoms with Gasteiger partial charge in [-0.25, -0.2) is 4.79 Å². The molecule has 0 bridgehead atoms. The first-order valence-corrected chi connectivity index (χ1v) is 6.81. The van der Waals surface area contributed by atoms with Gasteiger partial charge in [-0.3, -0.25) is 0 Å². The van der Waals surface area contributed by atoms with Gasteiger partial charge < -0.3 is 13.7 Å². The fraction of sp³-hybridized carbons (Fsp3) is 0.438. The van der Waals surface area contributed by atoms with Gasteiger partial charge in [0.05, 0.1) is 6.54 Å². The van der Waals surface area contributed by atoms with Crippen molar-refractivity contribution in [2.24, 2.45) is 0 Å². The van der Waals surface area contributed by atoms with Crippen LogP contribution in [0.3, 0.4) is 0 Å². The molecule has 0 amide bonds. The summed E-state index contributed by atoms with van der Waals surface area (Å²) in [6.45, 7) is 10.7. The van der Waals surface area contributed by atoms with Crippen LogP contribution in [0.15, 0.2) is 31.8 Å². The number of hydrogen-bond acceptors (Lipinski definition) is 4.